The van der Waals surface area contributed by atoms with Crippen molar-refractivity contribution in [1.82, 2.24) is 4.90 Å². The van der Waals surface area contributed by atoms with E-state index in [-0.39, 0.29) is 42.8 Å². The van der Waals surface area contributed by atoms with Gasteiger partial charge in [0, 0.05) is 17.5 Å². The molecule has 2 amide bonds. The maximum Gasteiger partial charge on any atom is 0.310 e. The third-order valence-electron chi connectivity index (χ3n) is 9.36. The molecule has 3 aromatic rings. The molecule has 6 rings (SSSR count). The summed E-state index contributed by atoms with van der Waals surface area (Å²) in [7, 11) is 0. The van der Waals surface area contributed by atoms with Crippen molar-refractivity contribution in [3.63, 3.8) is 0 Å². The summed E-state index contributed by atoms with van der Waals surface area (Å²) in [6.45, 7) is 7.81. The smallest absolute Gasteiger partial charge is 0.310 e. The van der Waals surface area contributed by atoms with Gasteiger partial charge in [0.1, 0.15) is 6.04 Å². The quantitative estimate of drug-likeness (QED) is 0.161. The van der Waals surface area contributed by atoms with E-state index < -0.39 is 28.7 Å². The maximum atomic E-state index is 15.0. The molecule has 3 heterocycles. The summed E-state index contributed by atoms with van der Waals surface area (Å²) < 4.78 is 4.89. The van der Waals surface area contributed by atoms with Gasteiger partial charge < -0.3 is 19.6 Å². The van der Waals surface area contributed by atoms with Gasteiger partial charge in [-0.25, -0.2) is 0 Å². The highest BCUT2D eigenvalue weighted by Gasteiger charge is 2.75. The van der Waals surface area contributed by atoms with Gasteiger partial charge in [-0.3, -0.25) is 14.4 Å². The van der Waals surface area contributed by atoms with Gasteiger partial charge in [0.05, 0.1) is 35.8 Å². The van der Waals surface area contributed by atoms with Crippen LogP contribution in [0.15, 0.2) is 98.1 Å². The number of hydrogen-bond donors (Lipinski definition) is 1. The van der Waals surface area contributed by atoms with E-state index in [1.807, 2.05) is 72.8 Å². The van der Waals surface area contributed by atoms with E-state index >= 15 is 0 Å². The molecule has 3 saturated heterocycles. The first kappa shape index (κ1) is 30.2. The highest BCUT2D eigenvalue weighted by Crippen LogP contribution is 2.67. The van der Waals surface area contributed by atoms with Crippen LogP contribution in [0.3, 0.4) is 0 Å². The highest BCUT2D eigenvalue weighted by molar-refractivity contribution is 8.02. The van der Waals surface area contributed by atoms with E-state index in [4.69, 9.17) is 4.74 Å². The molecule has 3 aromatic carbocycles. The fourth-order valence-corrected chi connectivity index (χ4v) is 9.63. The number of rotatable bonds is 12. The number of carbonyl (C=O) groups excluding carboxylic acids is 3. The molecule has 0 radical (unpaired) electrons. The van der Waals surface area contributed by atoms with Gasteiger partial charge in [-0.15, -0.1) is 24.9 Å². The number of benzene rings is 3. The van der Waals surface area contributed by atoms with E-state index in [0.717, 1.165) is 22.8 Å². The molecule has 44 heavy (non-hydrogen) atoms. The Balaban J connectivity index is 1.43. The fraction of sp³-hybridized carbons (Fsp3) is 0.361. The SMILES string of the molecule is C=CCCCOC(=O)[C@@H]1[C@@H]2CCC3(S2)C(C(=O)N(CC=C)c2ccc4ccccc4c2)N([C@H](CO)c2ccccc2)C(=O)[C@H]13. The number of carbonyl (C=O) groups is 3. The average Bonchev–Trinajstić information content (AvgIpc) is 3.70. The standard InChI is InChI=1S/C36H38N2O5S/c1-3-5-11-21-43-35(42)30-29-18-19-36(44-29)31(30)33(40)38(28(23-39)25-13-7-6-8-14-25)32(36)34(41)37(20-4-2)27-17-16-24-12-9-10-15-26(24)22-27/h3-4,6-10,12-17,22,28-32,39H,1-2,5,11,18-21,23H2/t28-,29+,30-,31+,32?,36?/m1/s1. The molecule has 0 saturated carbocycles. The van der Waals surface area contributed by atoms with Crippen molar-refractivity contribution < 1.29 is 24.2 Å². The topological polar surface area (TPSA) is 87.2 Å². The van der Waals surface area contributed by atoms with E-state index in [0.29, 0.717) is 24.9 Å². The zero-order valence-electron chi connectivity index (χ0n) is 24.7. The Hall–Kier alpha value is -3.88. The van der Waals surface area contributed by atoms with Crippen molar-refractivity contribution >= 4 is 46.0 Å². The Kier molecular flexibility index (Phi) is 8.65. The molecule has 2 bridgehead atoms. The van der Waals surface area contributed by atoms with E-state index in [2.05, 4.69) is 13.2 Å². The van der Waals surface area contributed by atoms with Crippen LogP contribution in [0, 0.1) is 11.8 Å². The number of amides is 2. The molecule has 0 aliphatic carbocycles. The van der Waals surface area contributed by atoms with Gasteiger partial charge in [0.25, 0.3) is 5.91 Å². The second kappa shape index (κ2) is 12.6. The molecule has 1 spiro atoms. The second-order valence-electron chi connectivity index (χ2n) is 11.8. The minimum atomic E-state index is -0.891. The van der Waals surface area contributed by atoms with Crippen molar-refractivity contribution in [2.45, 2.75) is 47.8 Å². The lowest BCUT2D eigenvalue weighted by Crippen LogP contribution is -2.56. The second-order valence-corrected chi connectivity index (χ2v) is 13.4. The van der Waals surface area contributed by atoms with Crippen LogP contribution < -0.4 is 4.90 Å². The van der Waals surface area contributed by atoms with Crippen LogP contribution in [0.4, 0.5) is 5.69 Å². The zero-order chi connectivity index (χ0) is 30.8. The number of aliphatic hydroxyl groups excluding tert-OH is 1. The first-order valence-electron chi connectivity index (χ1n) is 15.3. The molecule has 1 N–H and O–H groups in total. The number of anilines is 1. The minimum absolute atomic E-state index is 0.105. The summed E-state index contributed by atoms with van der Waals surface area (Å²) in [6.07, 6.45) is 6.21. The minimum Gasteiger partial charge on any atom is -0.465 e. The van der Waals surface area contributed by atoms with Gasteiger partial charge in [-0.2, -0.15) is 0 Å². The largest absolute Gasteiger partial charge is 0.465 e. The Morgan fingerprint density at radius 3 is 2.55 bits per heavy atom. The molecule has 8 heteroatoms. The third kappa shape index (κ3) is 5.04. The number of fused-ring (bicyclic) bond motifs is 2. The van der Waals surface area contributed by atoms with Crippen molar-refractivity contribution in [2.24, 2.45) is 11.8 Å². The van der Waals surface area contributed by atoms with Crippen molar-refractivity contribution in [2.75, 3.05) is 24.7 Å². The summed E-state index contributed by atoms with van der Waals surface area (Å²) in [4.78, 5) is 46.5. The summed E-state index contributed by atoms with van der Waals surface area (Å²) in [5.41, 5.74) is 1.44. The molecule has 6 atom stereocenters. The van der Waals surface area contributed by atoms with Crippen LogP contribution in [0.5, 0.6) is 0 Å². The Morgan fingerprint density at radius 2 is 1.82 bits per heavy atom. The van der Waals surface area contributed by atoms with Crippen LogP contribution >= 0.6 is 11.8 Å². The Bertz CT molecular complexity index is 1580. The van der Waals surface area contributed by atoms with Crippen LogP contribution in [0.1, 0.15) is 37.3 Å². The van der Waals surface area contributed by atoms with Gasteiger partial charge in [-0.05, 0) is 54.2 Å². The van der Waals surface area contributed by atoms with Crippen molar-refractivity contribution in [1.29, 1.82) is 0 Å². The van der Waals surface area contributed by atoms with Crippen molar-refractivity contribution in [3.05, 3.63) is 104 Å². The first-order chi connectivity index (χ1) is 21.4. The number of allylic oxidation sites excluding steroid dienone is 1. The van der Waals surface area contributed by atoms with Gasteiger partial charge in [0.15, 0.2) is 0 Å². The monoisotopic (exact) mass is 610 g/mol. The number of nitrogens with zero attached hydrogens (tertiary/aromatic N) is 2. The molecule has 2 unspecified atom stereocenters. The Labute approximate surface area is 262 Å². The first-order valence-corrected chi connectivity index (χ1v) is 16.2. The van der Waals surface area contributed by atoms with Crippen LogP contribution in [0.25, 0.3) is 10.8 Å². The molecule has 3 aliphatic rings. The normalized spacial score (nSPS) is 25.9. The number of esters is 1. The molecular formula is C36H38N2O5S. The van der Waals surface area contributed by atoms with Crippen LogP contribution in [-0.4, -0.2) is 63.6 Å². The molecule has 3 aliphatic heterocycles. The third-order valence-corrected chi connectivity index (χ3v) is 11.3. The Morgan fingerprint density at radius 1 is 1.07 bits per heavy atom. The predicted molar refractivity (Wildman–Crippen MR) is 174 cm³/mol. The van der Waals surface area contributed by atoms with Gasteiger partial charge >= 0.3 is 5.97 Å². The van der Waals surface area contributed by atoms with Crippen LogP contribution in [-0.2, 0) is 19.1 Å². The number of unbranched alkanes of at least 4 members (excludes halogenated alkanes) is 1. The average molecular weight is 611 g/mol. The summed E-state index contributed by atoms with van der Waals surface area (Å²) in [6, 6.07) is 21.5. The predicted octanol–water partition coefficient (Wildman–Crippen LogP) is 5.69. The maximum absolute atomic E-state index is 15.0. The van der Waals surface area contributed by atoms with E-state index in [1.54, 1.807) is 33.7 Å². The van der Waals surface area contributed by atoms with Gasteiger partial charge in [-0.1, -0.05) is 72.8 Å². The van der Waals surface area contributed by atoms with Gasteiger partial charge in [0.2, 0.25) is 5.91 Å². The molecule has 0 aromatic heterocycles. The number of ether oxygens (including phenoxy) is 1. The lowest BCUT2D eigenvalue weighted by Gasteiger charge is -2.39. The van der Waals surface area contributed by atoms with Crippen molar-refractivity contribution in [3.8, 4) is 0 Å². The lowest BCUT2D eigenvalue weighted by molar-refractivity contribution is -0.154. The van der Waals surface area contributed by atoms with E-state index in [1.165, 1.54) is 0 Å². The lowest BCUT2D eigenvalue weighted by atomic mass is 9.71. The summed E-state index contributed by atoms with van der Waals surface area (Å²) in [5.74, 6) is -2.25. The van der Waals surface area contributed by atoms with Crippen LogP contribution in [0.2, 0.25) is 0 Å². The van der Waals surface area contributed by atoms with E-state index in [9.17, 15) is 19.5 Å². The summed E-state index contributed by atoms with van der Waals surface area (Å²) in [5, 5.41) is 12.7. The number of likely N-dealkylation sites (tertiary alicyclic amines) is 1. The highest BCUT2D eigenvalue weighted by atomic mass is 32.2. The number of aliphatic hydroxyl groups is 1. The molecule has 7 nitrogen and oxygen atoms in total. The molecule has 3 fully saturated rings. The number of thioether (sulfide) groups is 1. The molecular weight excluding hydrogens is 572 g/mol. The fourth-order valence-electron chi connectivity index (χ4n) is 7.44. The summed E-state index contributed by atoms with van der Waals surface area (Å²) >= 11 is 1.60. The zero-order valence-corrected chi connectivity index (χ0v) is 25.5. The molecule has 228 valence electrons. The number of hydrogen-bond acceptors (Lipinski definition) is 6.